The van der Waals surface area contributed by atoms with E-state index in [1.807, 2.05) is 20.8 Å². The van der Waals surface area contributed by atoms with Gasteiger partial charge in [0.05, 0.1) is 44.8 Å². The quantitative estimate of drug-likeness (QED) is 0.406. The molecule has 5 rings (SSSR count). The van der Waals surface area contributed by atoms with Crippen LogP contribution in [0.25, 0.3) is 0 Å². The van der Waals surface area contributed by atoms with E-state index in [1.54, 1.807) is 18.5 Å². The Kier molecular flexibility index (Phi) is 8.37. The molecule has 1 unspecified atom stereocenters. The Hall–Kier alpha value is -3.45. The molecule has 1 saturated heterocycles. The maximum atomic E-state index is 13.1. The molecule has 3 N–H and O–H groups in total. The predicted octanol–water partition coefficient (Wildman–Crippen LogP) is 4.60. The van der Waals surface area contributed by atoms with E-state index < -0.39 is 16.9 Å². The second kappa shape index (κ2) is 11.8. The molecule has 2 atom stereocenters. The van der Waals surface area contributed by atoms with E-state index >= 15 is 0 Å². The third kappa shape index (κ3) is 6.40. The van der Waals surface area contributed by atoms with Crippen molar-refractivity contribution in [3.05, 3.63) is 82.3 Å². The molecule has 41 heavy (non-hydrogen) atoms. The predicted molar refractivity (Wildman–Crippen MR) is 162 cm³/mol. The Morgan fingerprint density at radius 2 is 1.95 bits per heavy atom. The molecule has 1 aliphatic heterocycles. The second-order valence-corrected chi connectivity index (χ2v) is 13.9. The fourth-order valence-electron chi connectivity index (χ4n) is 5.49. The molecule has 8 nitrogen and oxygen atoms in total. The number of aromatic nitrogens is 2. The maximum absolute atomic E-state index is 13.1. The summed E-state index contributed by atoms with van der Waals surface area (Å²) in [5, 5.41) is 0.233. The fourth-order valence-corrected chi connectivity index (χ4v) is 6.70. The number of hydrogen-bond acceptors (Lipinski definition) is 6. The van der Waals surface area contributed by atoms with Gasteiger partial charge in [0.25, 0.3) is 0 Å². The van der Waals surface area contributed by atoms with Crippen LogP contribution in [0.2, 0.25) is 5.02 Å². The van der Waals surface area contributed by atoms with Gasteiger partial charge in [0.1, 0.15) is 23.9 Å². The molecule has 214 valence electrons. The van der Waals surface area contributed by atoms with Crippen molar-refractivity contribution < 1.29 is 13.7 Å². The summed E-state index contributed by atoms with van der Waals surface area (Å²) in [6.45, 7) is 7.84. The highest BCUT2D eigenvalue weighted by molar-refractivity contribution is 7.84. The summed E-state index contributed by atoms with van der Waals surface area (Å²) in [5.74, 6) is 6.61. The molecular weight excluding hydrogens is 558 g/mol. The molecule has 0 radical (unpaired) electrons. The molecule has 0 saturated carbocycles. The minimum Gasteiger partial charge on any atom is -0.481 e. The molecule has 2 heterocycles. The van der Waals surface area contributed by atoms with Crippen LogP contribution in [-0.2, 0) is 17.4 Å². The molecule has 3 aromatic rings. The van der Waals surface area contributed by atoms with Gasteiger partial charge in [-0.15, -0.1) is 0 Å². The molecule has 1 aliphatic carbocycles. The highest BCUT2D eigenvalue weighted by atomic mass is 35.5. The van der Waals surface area contributed by atoms with Crippen LogP contribution in [0.1, 0.15) is 66.8 Å². The van der Waals surface area contributed by atoms with Gasteiger partial charge in [-0.3, -0.25) is 4.79 Å². The number of rotatable bonds is 6. The van der Waals surface area contributed by atoms with Gasteiger partial charge in [-0.05, 0) is 80.7 Å². The number of nitrogens with one attached hydrogen (secondary N) is 1. The van der Waals surface area contributed by atoms with E-state index in [0.29, 0.717) is 11.4 Å². The van der Waals surface area contributed by atoms with Crippen LogP contribution in [-0.4, -0.2) is 44.5 Å². The monoisotopic (exact) mass is 591 g/mol. The molecule has 1 spiro atoms. The van der Waals surface area contributed by atoms with Gasteiger partial charge in [0, 0.05) is 13.1 Å². The molecule has 1 amide bonds. The Bertz CT molecular complexity index is 1520. The average Bonchev–Trinajstić information content (AvgIpc) is 3.23. The summed E-state index contributed by atoms with van der Waals surface area (Å²) in [4.78, 5) is 22.7. The third-order valence-electron chi connectivity index (χ3n) is 7.76. The van der Waals surface area contributed by atoms with Gasteiger partial charge in [-0.25, -0.2) is 18.9 Å². The summed E-state index contributed by atoms with van der Waals surface area (Å²) in [5.41, 5.74) is 8.70. The van der Waals surface area contributed by atoms with Crippen molar-refractivity contribution in [1.82, 2.24) is 14.7 Å². The lowest BCUT2D eigenvalue weighted by Crippen LogP contribution is -2.48. The van der Waals surface area contributed by atoms with E-state index in [4.69, 9.17) is 22.1 Å². The summed E-state index contributed by atoms with van der Waals surface area (Å²) < 4.78 is 21.9. The van der Waals surface area contributed by atoms with Crippen LogP contribution in [0.5, 0.6) is 5.75 Å². The van der Waals surface area contributed by atoms with Crippen molar-refractivity contribution in [3.63, 3.8) is 0 Å². The lowest BCUT2D eigenvalue weighted by molar-refractivity contribution is 0.100. The first-order valence-corrected chi connectivity index (χ1v) is 15.1. The van der Waals surface area contributed by atoms with Crippen molar-refractivity contribution >= 4 is 34.3 Å². The van der Waals surface area contributed by atoms with E-state index in [1.165, 1.54) is 23.3 Å². The number of benzene rings is 2. The number of fused-ring (bicyclic) bond motifs is 1. The lowest BCUT2D eigenvalue weighted by Gasteiger charge is -2.44. The van der Waals surface area contributed by atoms with Crippen molar-refractivity contribution in [3.8, 4) is 17.6 Å². The number of halogens is 1. The summed E-state index contributed by atoms with van der Waals surface area (Å²) in [7, 11) is -1.16. The van der Waals surface area contributed by atoms with Crippen molar-refractivity contribution in [2.75, 3.05) is 24.6 Å². The molecule has 2 aromatic carbocycles. The zero-order valence-electron chi connectivity index (χ0n) is 23.4. The van der Waals surface area contributed by atoms with Gasteiger partial charge >= 0.3 is 0 Å². The lowest BCUT2D eigenvalue weighted by atomic mass is 9.73. The van der Waals surface area contributed by atoms with Crippen molar-refractivity contribution in [1.29, 1.82) is 0 Å². The fraction of sp³-hybridized carbons (Fsp3) is 0.387. The number of amides is 1. The average molecular weight is 592 g/mol. The number of carbonyl (C=O) groups is 1. The van der Waals surface area contributed by atoms with Gasteiger partial charge < -0.3 is 15.4 Å². The number of nitrogens with two attached hydrogens (primary N) is 1. The number of piperidine rings is 1. The standard InChI is InChI=1S/C31H34ClN5O3S/c1-30(2,3)41(39)36-28-24-9-5-4-7-21(24)18-31(28)12-14-37(15-13-31)27-20-34-22(19-35-27)8-6-16-40-23-10-11-25(29(33)38)26(32)17-23/h4-5,7,9-11,17,19-20,28,36H,12-16,18H2,1-3H3,(H2,33,38)/t28-,41?/m1/s1. The molecule has 10 heteroatoms. The minimum atomic E-state index is -1.16. The molecule has 1 fully saturated rings. The number of carbonyl (C=O) groups excluding carboxylic acids is 1. The number of primary amides is 1. The van der Waals surface area contributed by atoms with Crippen LogP contribution in [0.15, 0.2) is 54.9 Å². The number of hydrogen-bond donors (Lipinski definition) is 2. The molecule has 2 aliphatic rings. The van der Waals surface area contributed by atoms with Crippen LogP contribution in [0, 0.1) is 17.3 Å². The van der Waals surface area contributed by atoms with E-state index in [9.17, 15) is 9.00 Å². The third-order valence-corrected chi connectivity index (χ3v) is 9.63. The number of ether oxygens (including phenoxy) is 1. The van der Waals surface area contributed by atoms with Crippen LogP contribution >= 0.6 is 11.6 Å². The van der Waals surface area contributed by atoms with Crippen LogP contribution in [0.3, 0.4) is 0 Å². The normalized spacial score (nSPS) is 18.3. The van der Waals surface area contributed by atoms with E-state index in [-0.39, 0.29) is 33.4 Å². The minimum absolute atomic E-state index is 0.0182. The summed E-state index contributed by atoms with van der Waals surface area (Å²) in [6, 6.07) is 13.3. The first-order valence-electron chi connectivity index (χ1n) is 13.6. The zero-order chi connectivity index (χ0) is 29.2. The van der Waals surface area contributed by atoms with Crippen molar-refractivity contribution in [2.45, 2.75) is 50.8 Å². The first-order chi connectivity index (χ1) is 19.6. The Morgan fingerprint density at radius 1 is 1.20 bits per heavy atom. The Balaban J connectivity index is 1.19. The van der Waals surface area contributed by atoms with Crippen LogP contribution in [0.4, 0.5) is 5.82 Å². The molecule has 0 bridgehead atoms. The van der Waals surface area contributed by atoms with E-state index in [2.05, 4.69) is 55.7 Å². The first kappa shape index (κ1) is 29.1. The number of nitrogens with zero attached hydrogens (tertiary/aromatic N) is 3. The SMILES string of the molecule is CC(C)(C)S(=O)N[C@@H]1c2ccccc2CC12CCN(c1cnc(C#CCOc3ccc(C(N)=O)c(Cl)c3)cn1)CC2. The second-order valence-electron chi connectivity index (χ2n) is 11.5. The number of anilines is 1. The highest BCUT2D eigenvalue weighted by Gasteiger charge is 2.48. The Labute approximate surface area is 248 Å². The summed E-state index contributed by atoms with van der Waals surface area (Å²) in [6.07, 6.45) is 6.35. The van der Waals surface area contributed by atoms with Crippen molar-refractivity contribution in [2.24, 2.45) is 11.1 Å². The van der Waals surface area contributed by atoms with Gasteiger partial charge in [0.15, 0.2) is 0 Å². The topological polar surface area (TPSA) is 110 Å². The van der Waals surface area contributed by atoms with E-state index in [0.717, 1.165) is 38.2 Å². The van der Waals surface area contributed by atoms with Gasteiger partial charge in [-0.2, -0.15) is 0 Å². The molecule has 1 aromatic heterocycles. The molecular formula is C31H34ClN5O3S. The largest absolute Gasteiger partial charge is 0.481 e. The van der Waals surface area contributed by atoms with Crippen LogP contribution < -0.4 is 20.1 Å². The highest BCUT2D eigenvalue weighted by Crippen LogP contribution is 2.52. The maximum Gasteiger partial charge on any atom is 0.250 e. The zero-order valence-corrected chi connectivity index (χ0v) is 25.0. The smallest absolute Gasteiger partial charge is 0.250 e. The van der Waals surface area contributed by atoms with Gasteiger partial charge in [-0.1, -0.05) is 41.8 Å². The van der Waals surface area contributed by atoms with Gasteiger partial charge in [0.2, 0.25) is 5.91 Å². The summed E-state index contributed by atoms with van der Waals surface area (Å²) >= 11 is 6.06. The Morgan fingerprint density at radius 3 is 2.61 bits per heavy atom.